The van der Waals surface area contributed by atoms with Gasteiger partial charge in [-0.15, -0.1) is 0 Å². The molecule has 4 aromatic rings. The minimum Gasteiger partial charge on any atom is -0.0622 e. The fourth-order valence-corrected chi connectivity index (χ4v) is 4.31. The van der Waals surface area contributed by atoms with Gasteiger partial charge in [0.2, 0.25) is 0 Å². The summed E-state index contributed by atoms with van der Waals surface area (Å²) in [7, 11) is 0. The van der Waals surface area contributed by atoms with Gasteiger partial charge in [0.1, 0.15) is 0 Å². The van der Waals surface area contributed by atoms with Crippen LogP contribution in [0.3, 0.4) is 0 Å². The Kier molecular flexibility index (Phi) is 3.50. The number of fused-ring (bicyclic) bond motifs is 3. The van der Waals surface area contributed by atoms with Gasteiger partial charge in [-0.05, 0) is 63.4 Å². The highest BCUT2D eigenvalue weighted by Gasteiger charge is 2.25. The molecular formula is C26H20. The van der Waals surface area contributed by atoms with Crippen LogP contribution in [0.15, 0.2) is 91.0 Å². The maximum atomic E-state index is 2.38. The molecule has 0 aromatic heterocycles. The molecule has 4 aromatic carbocycles. The van der Waals surface area contributed by atoms with Crippen LogP contribution in [0.4, 0.5) is 0 Å². The highest BCUT2D eigenvalue weighted by atomic mass is 14.3. The van der Waals surface area contributed by atoms with Gasteiger partial charge in [-0.1, -0.05) is 91.0 Å². The molecule has 0 unspecified atom stereocenters. The van der Waals surface area contributed by atoms with E-state index in [1.807, 2.05) is 0 Å². The van der Waals surface area contributed by atoms with Crippen molar-refractivity contribution >= 4 is 0 Å². The monoisotopic (exact) mass is 332 g/mol. The standard InChI is InChI=1S/C26H20/c1-18-16-23-22-15-9-8-14-21(22)17-24(23)26(20-12-6-3-7-13-20)25(18)19-10-4-2-5-11-19/h2-16H,17H2,1H3. The number of benzene rings is 4. The van der Waals surface area contributed by atoms with Gasteiger partial charge < -0.3 is 0 Å². The summed E-state index contributed by atoms with van der Waals surface area (Å²) in [4.78, 5) is 0. The van der Waals surface area contributed by atoms with Crippen molar-refractivity contribution in [2.75, 3.05) is 0 Å². The van der Waals surface area contributed by atoms with Gasteiger partial charge in [0.25, 0.3) is 0 Å². The van der Waals surface area contributed by atoms with Crippen LogP contribution in [0.25, 0.3) is 33.4 Å². The number of rotatable bonds is 2. The largest absolute Gasteiger partial charge is 0.0622 e. The highest BCUT2D eigenvalue weighted by Crippen LogP contribution is 2.47. The second-order valence-corrected chi connectivity index (χ2v) is 7.04. The van der Waals surface area contributed by atoms with Crippen molar-refractivity contribution in [3.05, 3.63) is 108 Å². The van der Waals surface area contributed by atoms with Gasteiger partial charge in [-0.25, -0.2) is 0 Å². The quantitative estimate of drug-likeness (QED) is 0.330. The Morgan fingerprint density at radius 1 is 0.577 bits per heavy atom. The maximum Gasteiger partial charge on any atom is -0.000706 e. The Morgan fingerprint density at radius 3 is 1.85 bits per heavy atom. The summed E-state index contributed by atoms with van der Waals surface area (Å²) in [5.41, 5.74) is 12.4. The fourth-order valence-electron chi connectivity index (χ4n) is 4.31. The van der Waals surface area contributed by atoms with Crippen LogP contribution in [-0.4, -0.2) is 0 Å². The van der Waals surface area contributed by atoms with Crippen LogP contribution in [0.2, 0.25) is 0 Å². The summed E-state index contributed by atoms with van der Waals surface area (Å²) in [5.74, 6) is 0. The zero-order valence-corrected chi connectivity index (χ0v) is 14.9. The van der Waals surface area contributed by atoms with Crippen molar-refractivity contribution < 1.29 is 0 Å². The third-order valence-corrected chi connectivity index (χ3v) is 5.43. The first-order chi connectivity index (χ1) is 12.8. The maximum absolute atomic E-state index is 2.38. The van der Waals surface area contributed by atoms with Crippen LogP contribution >= 0.6 is 0 Å². The molecule has 0 atom stereocenters. The zero-order chi connectivity index (χ0) is 17.5. The van der Waals surface area contributed by atoms with E-state index in [2.05, 4.69) is 97.9 Å². The summed E-state index contributed by atoms with van der Waals surface area (Å²) >= 11 is 0. The van der Waals surface area contributed by atoms with E-state index in [1.165, 1.54) is 50.1 Å². The van der Waals surface area contributed by atoms with Gasteiger partial charge in [0.05, 0.1) is 0 Å². The molecule has 5 rings (SSSR count). The van der Waals surface area contributed by atoms with Gasteiger partial charge in [0, 0.05) is 0 Å². The lowest BCUT2D eigenvalue weighted by molar-refractivity contribution is 1.26. The molecule has 0 heterocycles. The first-order valence-corrected chi connectivity index (χ1v) is 9.18. The third kappa shape index (κ3) is 2.30. The Bertz CT molecular complexity index is 1090. The smallest absolute Gasteiger partial charge is 0.000706 e. The molecule has 0 bridgehead atoms. The zero-order valence-electron chi connectivity index (χ0n) is 14.9. The first kappa shape index (κ1) is 15.2. The van der Waals surface area contributed by atoms with Crippen molar-refractivity contribution in [2.24, 2.45) is 0 Å². The predicted octanol–water partition coefficient (Wildman–Crippen LogP) is 6.90. The van der Waals surface area contributed by atoms with E-state index in [0.29, 0.717) is 0 Å². The molecule has 0 saturated carbocycles. The van der Waals surface area contributed by atoms with Crippen LogP contribution in [0.5, 0.6) is 0 Å². The van der Waals surface area contributed by atoms with Crippen molar-refractivity contribution in [1.29, 1.82) is 0 Å². The third-order valence-electron chi connectivity index (χ3n) is 5.43. The normalized spacial score (nSPS) is 11.9. The van der Waals surface area contributed by atoms with E-state index < -0.39 is 0 Å². The molecule has 0 N–H and O–H groups in total. The van der Waals surface area contributed by atoms with Gasteiger partial charge >= 0.3 is 0 Å². The summed E-state index contributed by atoms with van der Waals surface area (Å²) in [6, 6.07) is 32.9. The molecule has 1 aliphatic rings. The molecule has 0 nitrogen and oxygen atoms in total. The molecule has 0 heteroatoms. The molecule has 26 heavy (non-hydrogen) atoms. The molecule has 0 aliphatic heterocycles. The van der Waals surface area contributed by atoms with E-state index in [1.54, 1.807) is 0 Å². The second-order valence-electron chi connectivity index (χ2n) is 7.04. The van der Waals surface area contributed by atoms with Gasteiger partial charge in [0.15, 0.2) is 0 Å². The van der Waals surface area contributed by atoms with Crippen LogP contribution < -0.4 is 0 Å². The molecular weight excluding hydrogens is 312 g/mol. The summed E-state index contributed by atoms with van der Waals surface area (Å²) in [5, 5.41) is 0. The van der Waals surface area contributed by atoms with Crippen molar-refractivity contribution in [3.63, 3.8) is 0 Å². The topological polar surface area (TPSA) is 0 Å². The fraction of sp³-hybridized carbons (Fsp3) is 0.0769. The molecule has 1 aliphatic carbocycles. The van der Waals surface area contributed by atoms with Crippen LogP contribution in [0, 0.1) is 6.92 Å². The van der Waals surface area contributed by atoms with E-state index in [-0.39, 0.29) is 0 Å². The summed E-state index contributed by atoms with van der Waals surface area (Å²) in [6.07, 6.45) is 1.01. The van der Waals surface area contributed by atoms with Crippen molar-refractivity contribution in [2.45, 2.75) is 13.3 Å². The van der Waals surface area contributed by atoms with Crippen molar-refractivity contribution in [1.82, 2.24) is 0 Å². The number of hydrogen-bond acceptors (Lipinski definition) is 0. The minimum absolute atomic E-state index is 1.01. The second kappa shape index (κ2) is 6.00. The molecule has 124 valence electrons. The Balaban J connectivity index is 1.87. The van der Waals surface area contributed by atoms with E-state index >= 15 is 0 Å². The van der Waals surface area contributed by atoms with E-state index in [4.69, 9.17) is 0 Å². The van der Waals surface area contributed by atoms with Crippen LogP contribution in [-0.2, 0) is 6.42 Å². The molecule has 0 amide bonds. The molecule has 0 radical (unpaired) electrons. The number of aryl methyl sites for hydroxylation is 1. The van der Waals surface area contributed by atoms with E-state index in [9.17, 15) is 0 Å². The SMILES string of the molecule is Cc1cc2c(c(-c3ccccc3)c1-c1ccccc1)Cc1ccccc1-2. The lowest BCUT2D eigenvalue weighted by Crippen LogP contribution is -1.96. The number of hydrogen-bond donors (Lipinski definition) is 0. The van der Waals surface area contributed by atoms with Crippen LogP contribution in [0.1, 0.15) is 16.7 Å². The Morgan fingerprint density at radius 2 is 1.15 bits per heavy atom. The summed E-state index contributed by atoms with van der Waals surface area (Å²) in [6.45, 7) is 2.25. The Hall–Kier alpha value is -3.12. The lowest BCUT2D eigenvalue weighted by Gasteiger charge is -2.19. The summed E-state index contributed by atoms with van der Waals surface area (Å²) < 4.78 is 0. The molecule has 0 saturated heterocycles. The van der Waals surface area contributed by atoms with E-state index in [0.717, 1.165) is 6.42 Å². The average Bonchev–Trinajstić information content (AvgIpc) is 3.06. The highest BCUT2D eigenvalue weighted by molar-refractivity contribution is 5.95. The van der Waals surface area contributed by atoms with Crippen molar-refractivity contribution in [3.8, 4) is 33.4 Å². The first-order valence-electron chi connectivity index (χ1n) is 9.18. The minimum atomic E-state index is 1.01. The van der Waals surface area contributed by atoms with Gasteiger partial charge in [-0.2, -0.15) is 0 Å². The predicted molar refractivity (Wildman–Crippen MR) is 110 cm³/mol. The lowest BCUT2D eigenvalue weighted by atomic mass is 9.85. The Labute approximate surface area is 154 Å². The molecule has 0 spiro atoms. The molecule has 0 fully saturated rings. The van der Waals surface area contributed by atoms with Gasteiger partial charge in [-0.3, -0.25) is 0 Å². The average molecular weight is 332 g/mol.